The van der Waals surface area contributed by atoms with Crippen molar-refractivity contribution < 1.29 is 14.6 Å². The lowest BCUT2D eigenvalue weighted by Crippen LogP contribution is -2.15. The van der Waals surface area contributed by atoms with E-state index < -0.39 is 5.97 Å². The summed E-state index contributed by atoms with van der Waals surface area (Å²) in [6.45, 7) is 0. The molecule has 0 saturated heterocycles. The first-order valence-corrected chi connectivity index (χ1v) is 11.9. The molecule has 1 aromatic heterocycles. The third kappa shape index (κ3) is 4.73. The molecule has 1 fully saturated rings. The maximum atomic E-state index is 10.9. The number of aliphatic carboxylic acids is 1. The molecule has 1 aliphatic rings. The number of aromatic nitrogens is 2. The van der Waals surface area contributed by atoms with Gasteiger partial charge >= 0.3 is 5.97 Å². The predicted molar refractivity (Wildman–Crippen MR) is 140 cm³/mol. The molecule has 35 heavy (non-hydrogen) atoms. The zero-order chi connectivity index (χ0) is 24.4. The summed E-state index contributed by atoms with van der Waals surface area (Å²) >= 11 is 6.83. The zero-order valence-corrected chi connectivity index (χ0v) is 20.0. The van der Waals surface area contributed by atoms with Crippen LogP contribution in [0.3, 0.4) is 0 Å². The average molecular weight is 485 g/mol. The molecule has 5 nitrogen and oxygen atoms in total. The van der Waals surface area contributed by atoms with Crippen LogP contribution in [0.15, 0.2) is 72.9 Å². The summed E-state index contributed by atoms with van der Waals surface area (Å²) in [7, 11) is 1.64. The molecule has 1 aliphatic carbocycles. The van der Waals surface area contributed by atoms with Gasteiger partial charge < -0.3 is 9.84 Å². The number of hydrogen-bond acceptors (Lipinski definition) is 3. The number of H-pyrrole nitrogens is 1. The van der Waals surface area contributed by atoms with Gasteiger partial charge in [-0.2, -0.15) is 5.10 Å². The molecular formula is C29H25ClN2O3. The van der Waals surface area contributed by atoms with E-state index in [4.69, 9.17) is 21.4 Å². The van der Waals surface area contributed by atoms with Crippen LogP contribution in [0.5, 0.6) is 5.75 Å². The third-order valence-electron chi connectivity index (χ3n) is 6.60. The number of rotatable bonds is 7. The first-order chi connectivity index (χ1) is 17.0. The number of allylic oxidation sites excluding steroid dienone is 1. The Hall–Kier alpha value is -3.83. The molecule has 0 unspecified atom stereocenters. The zero-order valence-electron chi connectivity index (χ0n) is 19.3. The highest BCUT2D eigenvalue weighted by atomic mass is 35.5. The Labute approximate surface area is 208 Å². The SMILES string of the molecule is COc1ccc(/C(=C(\c2ccc(/C=C/C(=O)O)cc2)c2ccc3[nH]ncc3c2)C2CCC2)c(Cl)c1. The fraction of sp³-hybridized carbons (Fsp3) is 0.172. The number of benzene rings is 3. The van der Waals surface area contributed by atoms with E-state index in [1.165, 1.54) is 12.0 Å². The standard InChI is InChI=1S/C29H25ClN2O3/c1-35-23-11-12-24(25(30)16-23)29(19-3-2-4-19)28(21-10-13-26-22(15-21)17-31-32-26)20-8-5-18(6-9-20)7-14-27(33)34/h5-17,19H,2-4H2,1H3,(H,31,32)(H,33,34)/b14-7+,29-28+. The molecule has 0 amide bonds. The van der Waals surface area contributed by atoms with Crippen molar-refractivity contribution in [1.29, 1.82) is 0 Å². The molecule has 0 bridgehead atoms. The molecule has 176 valence electrons. The van der Waals surface area contributed by atoms with E-state index >= 15 is 0 Å². The van der Waals surface area contributed by atoms with Crippen molar-refractivity contribution in [2.75, 3.05) is 7.11 Å². The highest BCUT2D eigenvalue weighted by Gasteiger charge is 2.28. The van der Waals surface area contributed by atoms with Crippen molar-refractivity contribution in [3.63, 3.8) is 0 Å². The van der Waals surface area contributed by atoms with Crippen LogP contribution >= 0.6 is 11.6 Å². The van der Waals surface area contributed by atoms with Gasteiger partial charge in [0, 0.05) is 11.5 Å². The summed E-state index contributed by atoms with van der Waals surface area (Å²) in [5.74, 6) is 0.148. The van der Waals surface area contributed by atoms with E-state index in [-0.39, 0.29) is 0 Å². The van der Waals surface area contributed by atoms with E-state index in [1.807, 2.05) is 42.6 Å². The first-order valence-electron chi connectivity index (χ1n) is 11.6. The van der Waals surface area contributed by atoms with Crippen LogP contribution in [0.2, 0.25) is 5.02 Å². The molecule has 0 radical (unpaired) electrons. The number of carboxylic acids is 1. The molecule has 0 spiro atoms. The first kappa shape index (κ1) is 22.9. The number of methoxy groups -OCH3 is 1. The van der Waals surface area contributed by atoms with Crippen molar-refractivity contribution in [3.05, 3.63) is 100 Å². The van der Waals surface area contributed by atoms with Gasteiger partial charge in [0.2, 0.25) is 0 Å². The second-order valence-electron chi connectivity index (χ2n) is 8.73. The molecule has 6 heteroatoms. The van der Waals surface area contributed by atoms with E-state index in [1.54, 1.807) is 13.2 Å². The number of hydrogen-bond donors (Lipinski definition) is 2. The smallest absolute Gasteiger partial charge is 0.328 e. The Morgan fingerprint density at radius 1 is 1.09 bits per heavy atom. The third-order valence-corrected chi connectivity index (χ3v) is 6.91. The van der Waals surface area contributed by atoms with Crippen LogP contribution in [-0.4, -0.2) is 28.4 Å². The number of halogens is 1. The Morgan fingerprint density at radius 2 is 1.86 bits per heavy atom. The summed E-state index contributed by atoms with van der Waals surface area (Å²) in [6, 6.07) is 20.2. The van der Waals surface area contributed by atoms with Crippen molar-refractivity contribution in [1.82, 2.24) is 10.2 Å². The number of nitrogens with zero attached hydrogens (tertiary/aromatic N) is 1. The number of fused-ring (bicyclic) bond motifs is 1. The molecule has 1 saturated carbocycles. The minimum absolute atomic E-state index is 0.391. The number of carbonyl (C=O) groups is 1. The van der Waals surface area contributed by atoms with Crippen LogP contribution in [0, 0.1) is 5.92 Å². The van der Waals surface area contributed by atoms with Gasteiger partial charge in [0.1, 0.15) is 5.75 Å². The highest BCUT2D eigenvalue weighted by molar-refractivity contribution is 6.33. The van der Waals surface area contributed by atoms with E-state index in [0.717, 1.165) is 63.4 Å². The van der Waals surface area contributed by atoms with Crippen LogP contribution in [0.4, 0.5) is 0 Å². The minimum atomic E-state index is -0.968. The summed E-state index contributed by atoms with van der Waals surface area (Å²) in [5.41, 5.74) is 7.30. The number of nitrogens with one attached hydrogen (secondary N) is 1. The lowest BCUT2D eigenvalue weighted by atomic mass is 9.73. The minimum Gasteiger partial charge on any atom is -0.497 e. The molecule has 0 aliphatic heterocycles. The van der Waals surface area contributed by atoms with E-state index in [2.05, 4.69) is 34.5 Å². The quantitative estimate of drug-likeness (QED) is 0.217. The lowest BCUT2D eigenvalue weighted by molar-refractivity contribution is -0.131. The van der Waals surface area contributed by atoms with Crippen LogP contribution in [-0.2, 0) is 4.79 Å². The average Bonchev–Trinajstić information content (AvgIpc) is 3.30. The van der Waals surface area contributed by atoms with Crippen molar-refractivity contribution in [3.8, 4) is 5.75 Å². The maximum absolute atomic E-state index is 10.9. The van der Waals surface area contributed by atoms with Crippen LogP contribution < -0.4 is 4.74 Å². The van der Waals surface area contributed by atoms with Gasteiger partial charge in [-0.15, -0.1) is 0 Å². The van der Waals surface area contributed by atoms with E-state index in [9.17, 15) is 4.79 Å². The van der Waals surface area contributed by atoms with Crippen molar-refractivity contribution >= 4 is 45.7 Å². The highest BCUT2D eigenvalue weighted by Crippen LogP contribution is 2.47. The number of carboxylic acid groups (broad SMARTS) is 1. The number of aromatic amines is 1. The summed E-state index contributed by atoms with van der Waals surface area (Å²) in [5, 5.41) is 17.9. The molecule has 0 atom stereocenters. The monoisotopic (exact) mass is 484 g/mol. The van der Waals surface area contributed by atoms with Crippen LogP contribution in [0.1, 0.15) is 41.5 Å². The summed E-state index contributed by atoms with van der Waals surface area (Å²) < 4.78 is 5.39. The maximum Gasteiger partial charge on any atom is 0.328 e. The summed E-state index contributed by atoms with van der Waals surface area (Å²) in [6.07, 6.45) is 7.98. The summed E-state index contributed by atoms with van der Waals surface area (Å²) in [4.78, 5) is 10.9. The second-order valence-corrected chi connectivity index (χ2v) is 9.14. The molecule has 4 aromatic rings. The van der Waals surface area contributed by atoms with Gasteiger partial charge in [-0.25, -0.2) is 4.79 Å². The van der Waals surface area contributed by atoms with Crippen LogP contribution in [0.25, 0.3) is 28.1 Å². The number of ether oxygens (including phenoxy) is 1. The van der Waals surface area contributed by atoms with E-state index in [0.29, 0.717) is 10.9 Å². The largest absolute Gasteiger partial charge is 0.497 e. The van der Waals surface area contributed by atoms with Gasteiger partial charge in [0.25, 0.3) is 0 Å². The predicted octanol–water partition coefficient (Wildman–Crippen LogP) is 7.08. The fourth-order valence-corrected chi connectivity index (χ4v) is 4.87. The normalized spacial score (nSPS) is 14.7. The van der Waals surface area contributed by atoms with Gasteiger partial charge in [-0.1, -0.05) is 48.4 Å². The fourth-order valence-electron chi connectivity index (χ4n) is 4.60. The molecule has 2 N–H and O–H groups in total. The van der Waals surface area contributed by atoms with Crippen molar-refractivity contribution in [2.45, 2.75) is 19.3 Å². The Kier molecular flexibility index (Phi) is 6.43. The van der Waals surface area contributed by atoms with Gasteiger partial charge in [-0.05, 0) is 88.6 Å². The second kappa shape index (κ2) is 9.80. The van der Waals surface area contributed by atoms with Gasteiger partial charge in [-0.3, -0.25) is 5.10 Å². The molecular weight excluding hydrogens is 460 g/mol. The Morgan fingerprint density at radius 3 is 2.51 bits per heavy atom. The molecule has 1 heterocycles. The van der Waals surface area contributed by atoms with Gasteiger partial charge in [0.15, 0.2) is 0 Å². The molecule has 3 aromatic carbocycles. The topological polar surface area (TPSA) is 75.2 Å². The Bertz CT molecular complexity index is 1450. The molecule has 5 rings (SSSR count). The van der Waals surface area contributed by atoms with Gasteiger partial charge in [0.05, 0.1) is 23.8 Å². The van der Waals surface area contributed by atoms with Crippen molar-refractivity contribution in [2.24, 2.45) is 5.92 Å². The Balaban J connectivity index is 1.74. The lowest BCUT2D eigenvalue weighted by Gasteiger charge is -2.32.